The minimum absolute atomic E-state index is 0.0113. The van der Waals surface area contributed by atoms with E-state index in [-0.39, 0.29) is 11.9 Å². The van der Waals surface area contributed by atoms with Crippen LogP contribution in [-0.4, -0.2) is 65.9 Å². The van der Waals surface area contributed by atoms with Gasteiger partial charge in [0.15, 0.2) is 11.5 Å². The highest BCUT2D eigenvalue weighted by Crippen LogP contribution is 2.35. The molecule has 1 amide bonds. The van der Waals surface area contributed by atoms with Crippen molar-refractivity contribution < 1.29 is 18.7 Å². The molecule has 0 N–H and O–H groups in total. The van der Waals surface area contributed by atoms with Gasteiger partial charge in [0, 0.05) is 39.1 Å². The number of hydrogen-bond donors (Lipinski definition) is 0. The summed E-state index contributed by atoms with van der Waals surface area (Å²) in [6.45, 7) is 5.02. The van der Waals surface area contributed by atoms with Crippen molar-refractivity contribution in [2.24, 2.45) is 5.10 Å². The van der Waals surface area contributed by atoms with E-state index in [0.29, 0.717) is 19.8 Å². The van der Waals surface area contributed by atoms with Crippen LogP contribution in [0.25, 0.3) is 0 Å². The molecule has 5 heterocycles. The van der Waals surface area contributed by atoms with Crippen LogP contribution in [0.2, 0.25) is 0 Å². The third-order valence-electron chi connectivity index (χ3n) is 6.51. The highest BCUT2D eigenvalue weighted by Gasteiger charge is 2.36. The lowest BCUT2D eigenvalue weighted by atomic mass is 10.1. The van der Waals surface area contributed by atoms with Crippen LogP contribution in [0.5, 0.6) is 11.5 Å². The van der Waals surface area contributed by atoms with Crippen molar-refractivity contribution in [1.82, 2.24) is 14.8 Å². The number of nitrogens with zero attached hydrogens (tertiary/aromatic N) is 4. The monoisotopic (exact) mass is 478 g/mol. The second-order valence-electron chi connectivity index (χ2n) is 8.74. The zero-order valence-electron chi connectivity index (χ0n) is 18.8. The molecule has 3 aliphatic heterocycles. The lowest BCUT2D eigenvalue weighted by Crippen LogP contribution is -2.49. The topological polar surface area (TPSA) is 70.8 Å². The Morgan fingerprint density at radius 1 is 1.03 bits per heavy atom. The first-order valence-corrected chi connectivity index (χ1v) is 12.4. The predicted molar refractivity (Wildman–Crippen MR) is 128 cm³/mol. The summed E-state index contributed by atoms with van der Waals surface area (Å²) in [5.41, 5.74) is 2.15. The second kappa shape index (κ2) is 9.25. The normalized spacial score (nSPS) is 20.6. The summed E-state index contributed by atoms with van der Waals surface area (Å²) in [5.74, 6) is 2.42. The van der Waals surface area contributed by atoms with Crippen molar-refractivity contribution in [1.29, 1.82) is 0 Å². The molecule has 3 aromatic rings. The van der Waals surface area contributed by atoms with Gasteiger partial charge >= 0.3 is 0 Å². The van der Waals surface area contributed by atoms with E-state index in [0.717, 1.165) is 60.6 Å². The highest BCUT2D eigenvalue weighted by molar-refractivity contribution is 7.12. The van der Waals surface area contributed by atoms with Gasteiger partial charge in [-0.25, -0.2) is 5.01 Å². The summed E-state index contributed by atoms with van der Waals surface area (Å²) in [6.07, 6.45) is 2.32. The number of amides is 1. The van der Waals surface area contributed by atoms with E-state index in [1.807, 2.05) is 29.6 Å². The second-order valence-corrected chi connectivity index (χ2v) is 9.69. The van der Waals surface area contributed by atoms with E-state index in [4.69, 9.17) is 19.0 Å². The van der Waals surface area contributed by atoms with Gasteiger partial charge in [-0.15, -0.1) is 11.3 Å². The maximum absolute atomic E-state index is 13.3. The molecular weight excluding hydrogens is 452 g/mol. The van der Waals surface area contributed by atoms with E-state index in [1.165, 1.54) is 5.56 Å². The van der Waals surface area contributed by atoms with Crippen molar-refractivity contribution in [3.8, 4) is 11.5 Å². The number of hydrogen-bond acceptors (Lipinski definition) is 8. The summed E-state index contributed by atoms with van der Waals surface area (Å²) < 4.78 is 16.6. The van der Waals surface area contributed by atoms with E-state index < -0.39 is 0 Å². The summed E-state index contributed by atoms with van der Waals surface area (Å²) >= 11 is 1.65. The summed E-state index contributed by atoms with van der Waals surface area (Å²) in [5, 5.41) is 8.39. The molecule has 1 unspecified atom stereocenters. The van der Waals surface area contributed by atoms with Gasteiger partial charge in [-0.3, -0.25) is 14.6 Å². The number of furan rings is 1. The quantitative estimate of drug-likeness (QED) is 0.540. The SMILES string of the molecule is O=C(CN1CCN(Cc2ccc3c(c2)OCO3)CC1)N1N=C(c2cccs2)CC1c1ccco1. The fourth-order valence-electron chi connectivity index (χ4n) is 4.70. The van der Waals surface area contributed by atoms with Crippen molar-refractivity contribution in [2.45, 2.75) is 19.0 Å². The third-order valence-corrected chi connectivity index (χ3v) is 7.43. The lowest BCUT2D eigenvalue weighted by Gasteiger charge is -2.35. The molecule has 0 aliphatic carbocycles. The molecule has 2 aromatic heterocycles. The maximum Gasteiger partial charge on any atom is 0.257 e. The zero-order valence-corrected chi connectivity index (χ0v) is 19.6. The van der Waals surface area contributed by atoms with Crippen molar-refractivity contribution >= 4 is 23.0 Å². The Labute approximate surface area is 202 Å². The highest BCUT2D eigenvalue weighted by atomic mass is 32.1. The van der Waals surface area contributed by atoms with E-state index in [2.05, 4.69) is 28.0 Å². The molecular formula is C25H26N4O4S. The van der Waals surface area contributed by atoms with Crippen molar-refractivity contribution in [2.75, 3.05) is 39.5 Å². The van der Waals surface area contributed by atoms with Crippen LogP contribution in [0.4, 0.5) is 0 Å². The standard InChI is InChI=1S/C25H26N4O4S/c30-25(29-20(21-3-1-11-31-21)14-19(26-29)24-4-2-12-34-24)16-28-9-7-27(8-10-28)15-18-5-6-22-23(13-18)33-17-32-22/h1-6,11-13,20H,7-10,14-17H2. The number of rotatable bonds is 6. The maximum atomic E-state index is 13.3. The lowest BCUT2D eigenvalue weighted by molar-refractivity contribution is -0.135. The Morgan fingerprint density at radius 2 is 1.88 bits per heavy atom. The van der Waals surface area contributed by atoms with Gasteiger partial charge < -0.3 is 13.9 Å². The van der Waals surface area contributed by atoms with Crippen LogP contribution >= 0.6 is 11.3 Å². The predicted octanol–water partition coefficient (Wildman–Crippen LogP) is 3.57. The number of carbonyl (C=O) groups excluding carboxylic acids is 1. The first-order valence-electron chi connectivity index (χ1n) is 11.5. The molecule has 1 saturated heterocycles. The van der Waals surface area contributed by atoms with E-state index in [1.54, 1.807) is 22.6 Å². The Bertz CT molecular complexity index is 1170. The summed E-state index contributed by atoms with van der Waals surface area (Å²) in [7, 11) is 0. The van der Waals surface area contributed by atoms with Gasteiger partial charge in [-0.05, 0) is 41.3 Å². The Hall–Kier alpha value is -3.14. The molecule has 9 heteroatoms. The summed E-state index contributed by atoms with van der Waals surface area (Å²) in [6, 6.07) is 13.8. The largest absolute Gasteiger partial charge is 0.467 e. The average Bonchev–Trinajstić information content (AvgIpc) is 3.66. The smallest absolute Gasteiger partial charge is 0.257 e. The number of fused-ring (bicyclic) bond motifs is 1. The number of piperazine rings is 1. The Kier molecular flexibility index (Phi) is 5.82. The molecule has 176 valence electrons. The molecule has 0 bridgehead atoms. The molecule has 6 rings (SSSR count). The van der Waals surface area contributed by atoms with Crippen LogP contribution in [-0.2, 0) is 11.3 Å². The number of hydrazone groups is 1. The number of ether oxygens (including phenoxy) is 2. The van der Waals surface area contributed by atoms with Gasteiger partial charge in [0.25, 0.3) is 5.91 Å². The van der Waals surface area contributed by atoms with Gasteiger partial charge in [-0.1, -0.05) is 12.1 Å². The molecule has 1 fully saturated rings. The molecule has 0 saturated carbocycles. The van der Waals surface area contributed by atoms with Crippen LogP contribution in [0, 0.1) is 0 Å². The summed E-state index contributed by atoms with van der Waals surface area (Å²) in [4.78, 5) is 19.0. The van der Waals surface area contributed by atoms with Crippen LogP contribution < -0.4 is 9.47 Å². The van der Waals surface area contributed by atoms with Gasteiger partial charge in [0.1, 0.15) is 11.8 Å². The Balaban J connectivity index is 1.07. The van der Waals surface area contributed by atoms with Crippen LogP contribution in [0.1, 0.15) is 28.7 Å². The number of thiophene rings is 1. The number of carbonyl (C=O) groups is 1. The fourth-order valence-corrected chi connectivity index (χ4v) is 5.42. The van der Waals surface area contributed by atoms with Gasteiger partial charge in [0.2, 0.25) is 6.79 Å². The molecule has 1 atom stereocenters. The van der Waals surface area contributed by atoms with Gasteiger partial charge in [0.05, 0.1) is 23.4 Å². The minimum atomic E-state index is -0.188. The van der Waals surface area contributed by atoms with Gasteiger partial charge in [-0.2, -0.15) is 5.10 Å². The van der Waals surface area contributed by atoms with Crippen molar-refractivity contribution in [3.63, 3.8) is 0 Å². The molecule has 8 nitrogen and oxygen atoms in total. The van der Waals surface area contributed by atoms with E-state index >= 15 is 0 Å². The Morgan fingerprint density at radius 3 is 2.68 bits per heavy atom. The third kappa shape index (κ3) is 4.34. The zero-order chi connectivity index (χ0) is 22.9. The average molecular weight is 479 g/mol. The van der Waals surface area contributed by atoms with E-state index in [9.17, 15) is 4.79 Å². The molecule has 3 aliphatic rings. The van der Waals surface area contributed by atoms with Crippen LogP contribution in [0.15, 0.2) is 63.6 Å². The first kappa shape index (κ1) is 21.4. The number of benzene rings is 1. The molecule has 1 aromatic carbocycles. The molecule has 34 heavy (non-hydrogen) atoms. The van der Waals surface area contributed by atoms with Crippen molar-refractivity contribution in [3.05, 3.63) is 70.3 Å². The van der Waals surface area contributed by atoms with Crippen LogP contribution in [0.3, 0.4) is 0 Å². The molecule has 0 spiro atoms. The minimum Gasteiger partial charge on any atom is -0.467 e. The first-order chi connectivity index (χ1) is 16.7. The molecule has 0 radical (unpaired) electrons. The fraction of sp³-hybridized carbons (Fsp3) is 0.360.